The molecule has 0 amide bonds. The van der Waals surface area contributed by atoms with Crippen LogP contribution in [0.1, 0.15) is 24.0 Å². The van der Waals surface area contributed by atoms with E-state index in [2.05, 4.69) is 49.5 Å². The molecule has 1 aromatic heterocycles. The Morgan fingerprint density at radius 3 is 2.43 bits per heavy atom. The van der Waals surface area contributed by atoms with Crippen molar-refractivity contribution in [2.24, 2.45) is 0 Å². The standard InChI is InChI=1S/C25H23NO2/c1-15-7-5-11-19(16(15)2)22-23(27)24(28-25(22)26-18-13-14-18)21-12-6-9-17-8-3-4-10-20(17)21/h3-12,18,26-27H,13-14H2,1-2H3. The first-order valence-electron chi connectivity index (χ1n) is 9.80. The van der Waals surface area contributed by atoms with Crippen LogP contribution in [0.3, 0.4) is 0 Å². The molecule has 28 heavy (non-hydrogen) atoms. The van der Waals surface area contributed by atoms with Crippen LogP contribution in [0.25, 0.3) is 33.2 Å². The van der Waals surface area contributed by atoms with Gasteiger partial charge in [0.25, 0.3) is 0 Å². The Bertz CT molecular complexity index is 1180. The van der Waals surface area contributed by atoms with Gasteiger partial charge >= 0.3 is 0 Å². The number of hydrogen-bond donors (Lipinski definition) is 2. The van der Waals surface area contributed by atoms with E-state index >= 15 is 0 Å². The SMILES string of the molecule is Cc1cccc(-c2c(NC3CC3)oc(-c3cccc4ccccc34)c2O)c1C. The zero-order chi connectivity index (χ0) is 19.3. The lowest BCUT2D eigenvalue weighted by molar-refractivity contribution is 0.466. The smallest absolute Gasteiger partial charge is 0.205 e. The lowest BCUT2D eigenvalue weighted by Crippen LogP contribution is -2.01. The van der Waals surface area contributed by atoms with Crippen molar-refractivity contribution in [1.29, 1.82) is 0 Å². The Balaban J connectivity index is 1.76. The number of fused-ring (bicyclic) bond motifs is 1. The Hall–Kier alpha value is -3.20. The Morgan fingerprint density at radius 1 is 0.893 bits per heavy atom. The van der Waals surface area contributed by atoms with Gasteiger partial charge in [0.2, 0.25) is 5.88 Å². The molecule has 3 heteroatoms. The van der Waals surface area contributed by atoms with E-state index < -0.39 is 0 Å². The van der Waals surface area contributed by atoms with E-state index in [0.29, 0.717) is 17.7 Å². The molecule has 0 bridgehead atoms. The molecule has 1 saturated carbocycles. The zero-order valence-electron chi connectivity index (χ0n) is 16.1. The van der Waals surface area contributed by atoms with E-state index in [0.717, 1.165) is 45.9 Å². The normalized spacial score (nSPS) is 13.8. The molecule has 0 unspecified atom stereocenters. The fourth-order valence-electron chi connectivity index (χ4n) is 3.81. The van der Waals surface area contributed by atoms with Gasteiger partial charge in [-0.25, -0.2) is 0 Å². The average Bonchev–Trinajstić information content (AvgIpc) is 3.47. The van der Waals surface area contributed by atoms with E-state index in [1.807, 2.05) is 30.3 Å². The molecule has 1 heterocycles. The van der Waals surface area contributed by atoms with Crippen molar-refractivity contribution < 1.29 is 9.52 Å². The third-order valence-corrected chi connectivity index (χ3v) is 5.70. The van der Waals surface area contributed by atoms with Crippen LogP contribution in [0.2, 0.25) is 0 Å². The summed E-state index contributed by atoms with van der Waals surface area (Å²) in [6.45, 7) is 4.19. The summed E-state index contributed by atoms with van der Waals surface area (Å²) in [5, 5.41) is 17.0. The minimum atomic E-state index is 0.202. The number of nitrogens with one attached hydrogen (secondary N) is 1. The summed E-state index contributed by atoms with van der Waals surface area (Å²) in [4.78, 5) is 0. The predicted molar refractivity (Wildman–Crippen MR) is 115 cm³/mol. The molecule has 0 radical (unpaired) electrons. The maximum absolute atomic E-state index is 11.3. The summed E-state index contributed by atoms with van der Waals surface area (Å²) >= 11 is 0. The zero-order valence-corrected chi connectivity index (χ0v) is 16.1. The van der Waals surface area contributed by atoms with E-state index in [1.165, 1.54) is 5.56 Å². The van der Waals surface area contributed by atoms with Crippen LogP contribution in [-0.4, -0.2) is 11.1 Å². The lowest BCUT2D eigenvalue weighted by Gasteiger charge is -2.10. The van der Waals surface area contributed by atoms with Crippen molar-refractivity contribution in [1.82, 2.24) is 0 Å². The molecular weight excluding hydrogens is 346 g/mol. The summed E-state index contributed by atoms with van der Waals surface area (Å²) in [5.74, 6) is 1.39. The fourth-order valence-corrected chi connectivity index (χ4v) is 3.81. The number of furan rings is 1. The molecule has 0 atom stereocenters. The van der Waals surface area contributed by atoms with Gasteiger partial charge in [-0.15, -0.1) is 0 Å². The lowest BCUT2D eigenvalue weighted by atomic mass is 9.96. The molecule has 1 aliphatic carbocycles. The van der Waals surface area contributed by atoms with E-state index in [-0.39, 0.29) is 5.75 Å². The molecule has 0 aliphatic heterocycles. The monoisotopic (exact) mass is 369 g/mol. The van der Waals surface area contributed by atoms with Crippen LogP contribution >= 0.6 is 0 Å². The molecule has 0 saturated heterocycles. The Kier molecular flexibility index (Phi) is 3.90. The Labute approximate surface area is 164 Å². The highest BCUT2D eigenvalue weighted by Gasteiger charge is 2.29. The summed E-state index contributed by atoms with van der Waals surface area (Å²) in [6.07, 6.45) is 2.27. The predicted octanol–water partition coefficient (Wildman–Crippen LogP) is 6.66. The summed E-state index contributed by atoms with van der Waals surface area (Å²) in [5.41, 5.74) is 5.03. The molecule has 3 nitrogen and oxygen atoms in total. The van der Waals surface area contributed by atoms with Crippen LogP contribution in [0.5, 0.6) is 5.75 Å². The number of rotatable bonds is 4. The van der Waals surface area contributed by atoms with Gasteiger partial charge < -0.3 is 14.8 Å². The first-order chi connectivity index (χ1) is 13.6. The van der Waals surface area contributed by atoms with Gasteiger partial charge in [-0.1, -0.05) is 60.7 Å². The minimum Gasteiger partial charge on any atom is -0.504 e. The van der Waals surface area contributed by atoms with Gasteiger partial charge in [0.15, 0.2) is 11.5 Å². The van der Waals surface area contributed by atoms with Crippen molar-refractivity contribution >= 4 is 16.7 Å². The summed E-state index contributed by atoms with van der Waals surface area (Å²) in [7, 11) is 0. The second-order valence-corrected chi connectivity index (χ2v) is 7.68. The van der Waals surface area contributed by atoms with Gasteiger partial charge in [-0.2, -0.15) is 0 Å². The molecule has 5 rings (SSSR count). The highest BCUT2D eigenvalue weighted by Crippen LogP contribution is 2.49. The number of aromatic hydroxyl groups is 1. The van der Waals surface area contributed by atoms with Crippen LogP contribution in [0.15, 0.2) is 65.1 Å². The number of aryl methyl sites for hydroxylation is 1. The van der Waals surface area contributed by atoms with Gasteiger partial charge in [-0.05, 0) is 54.2 Å². The summed E-state index contributed by atoms with van der Waals surface area (Å²) < 4.78 is 6.28. The molecule has 1 fully saturated rings. The fraction of sp³-hybridized carbons (Fsp3) is 0.200. The first kappa shape index (κ1) is 16.9. The van der Waals surface area contributed by atoms with Gasteiger partial charge in [0.1, 0.15) is 0 Å². The highest BCUT2D eigenvalue weighted by molar-refractivity contribution is 5.99. The quantitative estimate of drug-likeness (QED) is 0.422. The maximum atomic E-state index is 11.3. The molecular formula is C25H23NO2. The molecule has 3 aromatic carbocycles. The van der Waals surface area contributed by atoms with Crippen LogP contribution in [0, 0.1) is 13.8 Å². The van der Waals surface area contributed by atoms with E-state index in [4.69, 9.17) is 4.42 Å². The molecule has 1 aliphatic rings. The largest absolute Gasteiger partial charge is 0.504 e. The third kappa shape index (κ3) is 2.75. The van der Waals surface area contributed by atoms with Gasteiger partial charge in [0.05, 0.1) is 5.56 Å². The van der Waals surface area contributed by atoms with Crippen molar-refractivity contribution in [3.05, 3.63) is 71.8 Å². The molecule has 140 valence electrons. The van der Waals surface area contributed by atoms with Crippen LogP contribution in [-0.2, 0) is 0 Å². The van der Waals surface area contributed by atoms with E-state index in [1.54, 1.807) is 0 Å². The van der Waals surface area contributed by atoms with Crippen molar-refractivity contribution in [3.63, 3.8) is 0 Å². The summed E-state index contributed by atoms with van der Waals surface area (Å²) in [6, 6.07) is 20.9. The maximum Gasteiger partial charge on any atom is 0.205 e. The van der Waals surface area contributed by atoms with Crippen molar-refractivity contribution in [2.75, 3.05) is 5.32 Å². The molecule has 2 N–H and O–H groups in total. The second kappa shape index (κ2) is 6.45. The number of benzene rings is 3. The highest BCUT2D eigenvalue weighted by atomic mass is 16.4. The van der Waals surface area contributed by atoms with Crippen LogP contribution in [0.4, 0.5) is 5.88 Å². The second-order valence-electron chi connectivity index (χ2n) is 7.68. The van der Waals surface area contributed by atoms with Gasteiger partial charge in [-0.3, -0.25) is 0 Å². The third-order valence-electron chi connectivity index (χ3n) is 5.70. The number of hydrogen-bond acceptors (Lipinski definition) is 3. The minimum absolute atomic E-state index is 0.202. The topological polar surface area (TPSA) is 45.4 Å². The van der Waals surface area contributed by atoms with Gasteiger partial charge in [0, 0.05) is 11.6 Å². The molecule has 0 spiro atoms. The average molecular weight is 369 g/mol. The number of anilines is 1. The van der Waals surface area contributed by atoms with E-state index in [9.17, 15) is 5.11 Å². The van der Waals surface area contributed by atoms with Crippen molar-refractivity contribution in [3.8, 4) is 28.2 Å². The molecule has 4 aromatic rings. The van der Waals surface area contributed by atoms with Crippen LogP contribution < -0.4 is 5.32 Å². The first-order valence-corrected chi connectivity index (χ1v) is 9.80. The Morgan fingerprint density at radius 2 is 1.61 bits per heavy atom. The van der Waals surface area contributed by atoms with Crippen molar-refractivity contribution in [2.45, 2.75) is 32.7 Å².